The van der Waals surface area contributed by atoms with Gasteiger partial charge in [0.15, 0.2) is 0 Å². The van der Waals surface area contributed by atoms with Crippen molar-refractivity contribution in [3.8, 4) is 0 Å². The van der Waals surface area contributed by atoms with Crippen molar-refractivity contribution >= 4 is 17.9 Å². The van der Waals surface area contributed by atoms with Crippen LogP contribution >= 0.6 is 0 Å². The number of nitrogens with zero attached hydrogens (tertiary/aromatic N) is 2. The maximum absolute atomic E-state index is 12.7. The Labute approximate surface area is 147 Å². The van der Waals surface area contributed by atoms with E-state index in [1.807, 2.05) is 6.92 Å². The molecule has 1 aliphatic heterocycles. The molecule has 1 aliphatic rings. The molecule has 0 aliphatic carbocycles. The molecule has 2 rings (SSSR count). The van der Waals surface area contributed by atoms with Gasteiger partial charge in [-0.1, -0.05) is 13.0 Å². The number of nitrogens with one attached hydrogen (secondary N) is 1. The van der Waals surface area contributed by atoms with E-state index in [1.54, 1.807) is 41.0 Å². The quantitative estimate of drug-likeness (QED) is 0.880. The predicted molar refractivity (Wildman–Crippen MR) is 93.6 cm³/mol. The van der Waals surface area contributed by atoms with Gasteiger partial charge in [0.2, 0.25) is 0 Å². The molecule has 0 saturated carbocycles. The predicted octanol–water partition coefficient (Wildman–Crippen LogP) is 1.74. The third kappa shape index (κ3) is 4.95. The average molecular weight is 347 g/mol. The van der Waals surface area contributed by atoms with Gasteiger partial charge in [0.1, 0.15) is 0 Å². The van der Waals surface area contributed by atoms with Gasteiger partial charge in [-0.05, 0) is 31.5 Å². The normalized spacial score (nSPS) is 14.2. The Morgan fingerprint density at radius 3 is 2.32 bits per heavy atom. The van der Waals surface area contributed by atoms with Gasteiger partial charge < -0.3 is 19.9 Å². The second-order valence-electron chi connectivity index (χ2n) is 5.81. The first-order valence-electron chi connectivity index (χ1n) is 8.66. The highest BCUT2D eigenvalue weighted by molar-refractivity contribution is 5.99. The molecule has 1 aromatic rings. The van der Waals surface area contributed by atoms with Gasteiger partial charge in [0.05, 0.1) is 6.61 Å². The lowest BCUT2D eigenvalue weighted by Gasteiger charge is -2.34. The Balaban J connectivity index is 1.97. The summed E-state index contributed by atoms with van der Waals surface area (Å²) in [5.74, 6) is -0.308. The number of benzene rings is 1. The van der Waals surface area contributed by atoms with E-state index >= 15 is 0 Å². The topological polar surface area (TPSA) is 79.0 Å². The molecule has 0 bridgehead atoms. The molecular formula is C18H25N3O4. The Hall–Kier alpha value is -2.57. The molecule has 0 aromatic heterocycles. The summed E-state index contributed by atoms with van der Waals surface area (Å²) >= 11 is 0. The summed E-state index contributed by atoms with van der Waals surface area (Å²) in [7, 11) is 0. The first kappa shape index (κ1) is 18.8. The van der Waals surface area contributed by atoms with Gasteiger partial charge in [-0.3, -0.25) is 9.59 Å². The van der Waals surface area contributed by atoms with Crippen molar-refractivity contribution in [1.29, 1.82) is 0 Å². The zero-order valence-electron chi connectivity index (χ0n) is 14.8. The monoisotopic (exact) mass is 347 g/mol. The minimum Gasteiger partial charge on any atom is -0.450 e. The van der Waals surface area contributed by atoms with E-state index in [0.717, 1.165) is 6.42 Å². The number of carbonyl (C=O) groups excluding carboxylic acids is 3. The zero-order valence-corrected chi connectivity index (χ0v) is 14.8. The zero-order chi connectivity index (χ0) is 18.2. The summed E-state index contributed by atoms with van der Waals surface area (Å²) in [6.45, 7) is 6.48. The number of rotatable bonds is 5. The molecule has 1 N–H and O–H groups in total. The number of ether oxygens (including phenoxy) is 1. The average Bonchev–Trinajstić information content (AvgIpc) is 2.66. The van der Waals surface area contributed by atoms with Gasteiger partial charge >= 0.3 is 6.09 Å². The van der Waals surface area contributed by atoms with E-state index in [4.69, 9.17) is 4.74 Å². The summed E-state index contributed by atoms with van der Waals surface area (Å²) < 4.78 is 4.98. The molecule has 3 amide bonds. The van der Waals surface area contributed by atoms with Crippen molar-refractivity contribution < 1.29 is 19.1 Å². The van der Waals surface area contributed by atoms with Crippen molar-refractivity contribution in [3.63, 3.8) is 0 Å². The number of hydrogen-bond acceptors (Lipinski definition) is 4. The van der Waals surface area contributed by atoms with Crippen molar-refractivity contribution in [2.75, 3.05) is 39.3 Å². The van der Waals surface area contributed by atoms with Crippen molar-refractivity contribution in [3.05, 3.63) is 35.4 Å². The Morgan fingerprint density at radius 1 is 1.04 bits per heavy atom. The molecule has 1 saturated heterocycles. The first-order valence-corrected chi connectivity index (χ1v) is 8.66. The lowest BCUT2D eigenvalue weighted by molar-refractivity contribution is 0.0570. The minimum atomic E-state index is -0.343. The summed E-state index contributed by atoms with van der Waals surface area (Å²) in [6, 6.07) is 6.73. The van der Waals surface area contributed by atoms with E-state index in [2.05, 4.69) is 5.32 Å². The van der Waals surface area contributed by atoms with Crippen LogP contribution in [0.25, 0.3) is 0 Å². The Bertz CT molecular complexity index is 625. The van der Waals surface area contributed by atoms with Gasteiger partial charge in [-0.2, -0.15) is 0 Å². The van der Waals surface area contributed by atoms with Crippen LogP contribution < -0.4 is 5.32 Å². The van der Waals surface area contributed by atoms with Crippen LogP contribution in [0.4, 0.5) is 4.79 Å². The number of amides is 3. The highest BCUT2D eigenvalue weighted by Crippen LogP contribution is 2.12. The Morgan fingerprint density at radius 2 is 1.68 bits per heavy atom. The highest BCUT2D eigenvalue weighted by Gasteiger charge is 2.25. The third-order valence-corrected chi connectivity index (χ3v) is 4.00. The molecule has 7 nitrogen and oxygen atoms in total. The number of piperazine rings is 1. The van der Waals surface area contributed by atoms with Crippen molar-refractivity contribution in [2.45, 2.75) is 20.3 Å². The van der Waals surface area contributed by atoms with Gasteiger partial charge in [0, 0.05) is 43.9 Å². The lowest BCUT2D eigenvalue weighted by Crippen LogP contribution is -2.50. The van der Waals surface area contributed by atoms with Crippen LogP contribution in [0.1, 0.15) is 41.0 Å². The van der Waals surface area contributed by atoms with Crippen LogP contribution in [0.15, 0.2) is 24.3 Å². The second kappa shape index (κ2) is 9.05. The smallest absolute Gasteiger partial charge is 0.409 e. The molecule has 0 atom stereocenters. The van der Waals surface area contributed by atoms with Crippen LogP contribution in [0.2, 0.25) is 0 Å². The fourth-order valence-corrected chi connectivity index (χ4v) is 2.62. The molecule has 25 heavy (non-hydrogen) atoms. The summed E-state index contributed by atoms with van der Waals surface area (Å²) in [5, 5.41) is 2.80. The molecular weight excluding hydrogens is 322 g/mol. The van der Waals surface area contributed by atoms with Crippen molar-refractivity contribution in [2.24, 2.45) is 0 Å². The maximum Gasteiger partial charge on any atom is 0.409 e. The third-order valence-electron chi connectivity index (χ3n) is 4.00. The summed E-state index contributed by atoms with van der Waals surface area (Å²) in [5.41, 5.74) is 0.957. The van der Waals surface area contributed by atoms with Gasteiger partial charge in [0.25, 0.3) is 11.8 Å². The van der Waals surface area contributed by atoms with Gasteiger partial charge in [-0.15, -0.1) is 0 Å². The van der Waals surface area contributed by atoms with Gasteiger partial charge in [-0.25, -0.2) is 4.79 Å². The van der Waals surface area contributed by atoms with Crippen LogP contribution in [-0.2, 0) is 4.74 Å². The second-order valence-corrected chi connectivity index (χ2v) is 5.81. The molecule has 1 aromatic carbocycles. The van der Waals surface area contributed by atoms with Crippen LogP contribution in [-0.4, -0.2) is 67.0 Å². The standard InChI is InChI=1S/C18H25N3O4/c1-3-8-19-16(22)14-6-5-7-15(13-14)17(23)20-9-11-21(12-10-20)18(24)25-4-2/h5-7,13H,3-4,8-12H2,1-2H3,(H,19,22). The lowest BCUT2D eigenvalue weighted by atomic mass is 10.1. The SMILES string of the molecule is CCCNC(=O)c1cccc(C(=O)N2CCN(C(=O)OCC)CC2)c1. The van der Waals surface area contributed by atoms with Crippen molar-refractivity contribution in [1.82, 2.24) is 15.1 Å². The summed E-state index contributed by atoms with van der Waals surface area (Å²) in [4.78, 5) is 39.7. The van der Waals surface area contributed by atoms with E-state index in [9.17, 15) is 14.4 Å². The Kier molecular flexibility index (Phi) is 6.80. The molecule has 1 heterocycles. The molecule has 0 unspecified atom stereocenters. The molecule has 7 heteroatoms. The summed E-state index contributed by atoms with van der Waals surface area (Å²) in [6.07, 6.45) is 0.513. The fraction of sp³-hybridized carbons (Fsp3) is 0.500. The number of hydrogen-bond donors (Lipinski definition) is 1. The largest absolute Gasteiger partial charge is 0.450 e. The van der Waals surface area contributed by atoms with E-state index < -0.39 is 0 Å². The molecule has 136 valence electrons. The molecule has 0 spiro atoms. The van der Waals surface area contributed by atoms with Crippen LogP contribution in [0, 0.1) is 0 Å². The molecule has 1 fully saturated rings. The number of carbonyl (C=O) groups is 3. The first-order chi connectivity index (χ1) is 12.1. The minimum absolute atomic E-state index is 0.131. The van der Waals surface area contributed by atoms with E-state index in [1.165, 1.54) is 0 Å². The van der Waals surface area contributed by atoms with E-state index in [-0.39, 0.29) is 17.9 Å². The van der Waals surface area contributed by atoms with Crippen LogP contribution in [0.5, 0.6) is 0 Å². The fourth-order valence-electron chi connectivity index (χ4n) is 2.62. The van der Waals surface area contributed by atoms with E-state index in [0.29, 0.717) is 50.5 Å². The maximum atomic E-state index is 12.7. The van der Waals surface area contributed by atoms with Crippen LogP contribution in [0.3, 0.4) is 0 Å². The highest BCUT2D eigenvalue weighted by atomic mass is 16.6. The molecule has 0 radical (unpaired) electrons.